The van der Waals surface area contributed by atoms with Gasteiger partial charge in [0.2, 0.25) is 0 Å². The molecule has 0 radical (unpaired) electrons. The molecule has 9 aromatic rings. The summed E-state index contributed by atoms with van der Waals surface area (Å²) < 4.78 is 6.17. The smallest absolute Gasteiger partial charge is 0.164 e. The lowest BCUT2D eigenvalue weighted by atomic mass is 9.68. The van der Waals surface area contributed by atoms with Crippen molar-refractivity contribution in [2.24, 2.45) is 0 Å². The van der Waals surface area contributed by atoms with Crippen LogP contribution < -0.4 is 0 Å². The first kappa shape index (κ1) is 31.8. The number of furan rings is 1. The summed E-state index contributed by atoms with van der Waals surface area (Å²) in [7, 11) is 0. The summed E-state index contributed by atoms with van der Waals surface area (Å²) in [4.78, 5) is 15.5. The second-order valence-corrected chi connectivity index (χ2v) is 15.1. The Balaban J connectivity index is 1.06. The molecule has 0 saturated heterocycles. The van der Waals surface area contributed by atoms with E-state index in [9.17, 15) is 0 Å². The van der Waals surface area contributed by atoms with Crippen LogP contribution in [0.1, 0.15) is 43.2 Å². The van der Waals surface area contributed by atoms with Crippen LogP contribution in [0.3, 0.4) is 0 Å². The minimum atomic E-state index is 0.104. The summed E-state index contributed by atoms with van der Waals surface area (Å²) in [6, 6.07) is 58.2. The number of aromatic nitrogens is 3. The normalized spacial score (nSPS) is 14.3. The molecule has 1 spiro atoms. The van der Waals surface area contributed by atoms with Crippen molar-refractivity contribution in [2.45, 2.75) is 37.5 Å². The molecule has 55 heavy (non-hydrogen) atoms. The fourth-order valence-electron chi connectivity index (χ4n) is 9.34. The first-order chi connectivity index (χ1) is 27.2. The van der Waals surface area contributed by atoms with Crippen LogP contribution in [0, 0.1) is 0 Å². The molecule has 7 aromatic carbocycles. The monoisotopic (exact) mass is 707 g/mol. The number of hydrogen-bond donors (Lipinski definition) is 0. The Labute approximate surface area is 320 Å². The fourth-order valence-corrected chi connectivity index (χ4v) is 9.34. The van der Waals surface area contributed by atoms with Crippen molar-refractivity contribution < 1.29 is 4.42 Å². The Bertz CT molecular complexity index is 2900. The van der Waals surface area contributed by atoms with E-state index in [4.69, 9.17) is 19.4 Å². The molecule has 0 N–H and O–H groups in total. The molecule has 0 atom stereocenters. The molecule has 2 heterocycles. The van der Waals surface area contributed by atoms with Crippen molar-refractivity contribution in [3.8, 4) is 67.5 Å². The van der Waals surface area contributed by atoms with Crippen molar-refractivity contribution in [1.29, 1.82) is 0 Å². The molecule has 0 unspecified atom stereocenters. The van der Waals surface area contributed by atoms with Crippen LogP contribution >= 0.6 is 0 Å². The van der Waals surface area contributed by atoms with E-state index in [1.807, 2.05) is 36.4 Å². The minimum absolute atomic E-state index is 0.104. The molecule has 2 aliphatic carbocycles. The molecular weight excluding hydrogens is 671 g/mol. The molecule has 262 valence electrons. The van der Waals surface area contributed by atoms with E-state index in [0.717, 1.165) is 44.2 Å². The van der Waals surface area contributed by atoms with Gasteiger partial charge in [-0.2, -0.15) is 0 Å². The van der Waals surface area contributed by atoms with Crippen LogP contribution in [-0.4, -0.2) is 15.0 Å². The van der Waals surface area contributed by atoms with Crippen LogP contribution in [-0.2, 0) is 5.41 Å². The lowest BCUT2D eigenvalue weighted by Gasteiger charge is -2.36. The molecule has 4 nitrogen and oxygen atoms in total. The Morgan fingerprint density at radius 2 is 0.945 bits per heavy atom. The Morgan fingerprint density at radius 3 is 1.78 bits per heavy atom. The molecule has 1 fully saturated rings. The molecule has 11 rings (SSSR count). The van der Waals surface area contributed by atoms with Crippen LogP contribution in [0.25, 0.3) is 89.5 Å². The highest BCUT2D eigenvalue weighted by atomic mass is 16.3. The predicted octanol–water partition coefficient (Wildman–Crippen LogP) is 13.3. The van der Waals surface area contributed by atoms with Crippen LogP contribution in [0.2, 0.25) is 0 Å². The predicted molar refractivity (Wildman–Crippen MR) is 224 cm³/mol. The van der Waals surface area contributed by atoms with E-state index in [2.05, 4.69) is 127 Å². The number of benzene rings is 7. The molecule has 2 aliphatic rings. The molecule has 0 bridgehead atoms. The quantitative estimate of drug-likeness (QED) is 0.179. The van der Waals surface area contributed by atoms with Crippen LogP contribution in [0.4, 0.5) is 0 Å². The van der Waals surface area contributed by atoms with Gasteiger partial charge >= 0.3 is 0 Å². The van der Waals surface area contributed by atoms with Gasteiger partial charge in [0.05, 0.1) is 0 Å². The van der Waals surface area contributed by atoms with Gasteiger partial charge in [-0.15, -0.1) is 0 Å². The Morgan fingerprint density at radius 1 is 0.382 bits per heavy atom. The molecule has 4 heteroatoms. The zero-order valence-electron chi connectivity index (χ0n) is 30.4. The van der Waals surface area contributed by atoms with Crippen molar-refractivity contribution in [2.75, 3.05) is 0 Å². The number of hydrogen-bond acceptors (Lipinski definition) is 4. The first-order valence-corrected chi connectivity index (χ1v) is 19.4. The summed E-state index contributed by atoms with van der Waals surface area (Å²) in [5.74, 6) is 1.90. The second kappa shape index (κ2) is 12.7. The van der Waals surface area contributed by atoms with Gasteiger partial charge in [0.1, 0.15) is 11.2 Å². The summed E-state index contributed by atoms with van der Waals surface area (Å²) in [5.41, 5.74) is 15.1. The van der Waals surface area contributed by atoms with Gasteiger partial charge in [-0.3, -0.25) is 0 Å². The van der Waals surface area contributed by atoms with E-state index in [1.165, 1.54) is 71.0 Å². The maximum Gasteiger partial charge on any atom is 0.164 e. The van der Waals surface area contributed by atoms with E-state index < -0.39 is 0 Å². The summed E-state index contributed by atoms with van der Waals surface area (Å²) in [5, 5.41) is 2.12. The lowest BCUT2D eigenvalue weighted by Crippen LogP contribution is -2.27. The van der Waals surface area contributed by atoms with E-state index >= 15 is 0 Å². The Kier molecular flexibility index (Phi) is 7.38. The van der Waals surface area contributed by atoms with E-state index in [-0.39, 0.29) is 5.41 Å². The van der Waals surface area contributed by atoms with E-state index in [1.54, 1.807) is 0 Å². The van der Waals surface area contributed by atoms with Gasteiger partial charge < -0.3 is 4.42 Å². The third-order valence-corrected chi connectivity index (χ3v) is 12.0. The summed E-state index contributed by atoms with van der Waals surface area (Å²) in [6.45, 7) is 0. The SMILES string of the molecule is c1ccc(-c2ccc(-c3nc(-c4cccc(-c5cccc6c5-c5ccccc5C65CCCCC5)c4)nc(-c4ccc5oc6ccccc6c5c4)n3)cc2)cc1. The average molecular weight is 708 g/mol. The topological polar surface area (TPSA) is 51.8 Å². The number of para-hydroxylation sites is 1. The molecule has 0 aliphatic heterocycles. The number of nitrogens with zero attached hydrogens (tertiary/aromatic N) is 3. The van der Waals surface area contributed by atoms with Crippen molar-refractivity contribution in [3.05, 3.63) is 175 Å². The number of rotatable bonds is 5. The fraction of sp³-hybridized carbons (Fsp3) is 0.118. The van der Waals surface area contributed by atoms with Crippen LogP contribution in [0.5, 0.6) is 0 Å². The lowest BCUT2D eigenvalue weighted by molar-refractivity contribution is 0.353. The van der Waals surface area contributed by atoms with Crippen LogP contribution in [0.15, 0.2) is 168 Å². The number of fused-ring (bicyclic) bond motifs is 8. The molecular formula is C51H37N3O. The van der Waals surface area contributed by atoms with Gasteiger partial charge in [-0.25, -0.2) is 15.0 Å². The molecule has 1 saturated carbocycles. The van der Waals surface area contributed by atoms with E-state index in [0.29, 0.717) is 17.5 Å². The highest BCUT2D eigenvalue weighted by molar-refractivity contribution is 6.06. The molecule has 2 aromatic heterocycles. The van der Waals surface area contributed by atoms with Gasteiger partial charge in [-0.05, 0) is 87.7 Å². The van der Waals surface area contributed by atoms with Crippen molar-refractivity contribution >= 4 is 21.9 Å². The second-order valence-electron chi connectivity index (χ2n) is 15.1. The summed E-state index contributed by atoms with van der Waals surface area (Å²) in [6.07, 6.45) is 6.29. The highest BCUT2D eigenvalue weighted by Gasteiger charge is 2.44. The summed E-state index contributed by atoms with van der Waals surface area (Å²) >= 11 is 0. The van der Waals surface area contributed by atoms with Crippen molar-refractivity contribution in [3.63, 3.8) is 0 Å². The maximum absolute atomic E-state index is 6.17. The standard InChI is InChI=1S/C51H37N3O/c1-3-13-33(14-4-1)34-23-25-35(26-24-34)48-52-49(54-50(53-48)38-27-28-46-42(32-38)40-17-6-8-22-45(40)55-46)37-16-11-15-36(31-37)39-19-12-21-44-47(39)41-18-5-7-20-43(41)51(44)29-9-2-10-30-51/h1,3-8,11-28,31-32H,2,9-10,29-30H2. The largest absolute Gasteiger partial charge is 0.456 e. The Hall–Kier alpha value is -6.65. The highest BCUT2D eigenvalue weighted by Crippen LogP contribution is 2.57. The zero-order valence-corrected chi connectivity index (χ0v) is 30.4. The zero-order chi connectivity index (χ0) is 36.3. The third kappa shape index (κ3) is 5.24. The molecule has 0 amide bonds. The van der Waals surface area contributed by atoms with Gasteiger partial charge in [0.15, 0.2) is 17.5 Å². The van der Waals surface area contributed by atoms with Gasteiger partial charge in [0, 0.05) is 32.9 Å². The maximum atomic E-state index is 6.17. The average Bonchev–Trinajstić information content (AvgIpc) is 3.77. The third-order valence-electron chi connectivity index (χ3n) is 12.0. The minimum Gasteiger partial charge on any atom is -0.456 e. The van der Waals surface area contributed by atoms with Crippen molar-refractivity contribution in [1.82, 2.24) is 15.0 Å². The van der Waals surface area contributed by atoms with Gasteiger partial charge in [-0.1, -0.05) is 153 Å². The van der Waals surface area contributed by atoms with Gasteiger partial charge in [0.25, 0.3) is 0 Å². The first-order valence-electron chi connectivity index (χ1n) is 19.4.